The monoisotopic (exact) mass is 523 g/mol. The summed E-state index contributed by atoms with van der Waals surface area (Å²) >= 11 is 0. The van der Waals surface area contributed by atoms with Gasteiger partial charge in [0, 0.05) is 17.1 Å². The highest BCUT2D eigenvalue weighted by atomic mass is 15.1. The van der Waals surface area contributed by atoms with E-state index < -0.39 is 0 Å². The average Bonchev–Trinajstić information content (AvgIpc) is 3.06. The smallest absolute Gasteiger partial charge is 0.0467 e. The Bertz CT molecular complexity index is 1940. The third-order valence-corrected chi connectivity index (χ3v) is 7.61. The van der Waals surface area contributed by atoms with E-state index in [0.717, 1.165) is 17.1 Å². The zero-order chi connectivity index (χ0) is 27.4. The van der Waals surface area contributed by atoms with Crippen molar-refractivity contribution in [2.24, 2.45) is 0 Å². The van der Waals surface area contributed by atoms with Gasteiger partial charge in [0.15, 0.2) is 0 Å². The lowest BCUT2D eigenvalue weighted by molar-refractivity contribution is 1.28. The summed E-state index contributed by atoms with van der Waals surface area (Å²) < 4.78 is 0. The molecule has 0 unspecified atom stereocenters. The average molecular weight is 524 g/mol. The summed E-state index contributed by atoms with van der Waals surface area (Å²) in [5.41, 5.74) is 10.6. The fourth-order valence-electron chi connectivity index (χ4n) is 5.55. The zero-order valence-corrected chi connectivity index (χ0v) is 22.7. The Labute approximate surface area is 241 Å². The van der Waals surface area contributed by atoms with Crippen LogP contribution in [0.1, 0.15) is 0 Å². The molecule has 0 aliphatic rings. The number of anilines is 3. The van der Waals surface area contributed by atoms with Crippen LogP contribution in [-0.2, 0) is 0 Å². The van der Waals surface area contributed by atoms with E-state index >= 15 is 0 Å². The number of nitrogens with zero attached hydrogens (tertiary/aromatic N) is 1. The summed E-state index contributed by atoms with van der Waals surface area (Å²) in [5.74, 6) is 0. The molecular weight excluding hydrogens is 494 g/mol. The minimum Gasteiger partial charge on any atom is -0.310 e. The van der Waals surface area contributed by atoms with Crippen LogP contribution in [-0.4, -0.2) is 0 Å². The summed E-state index contributed by atoms with van der Waals surface area (Å²) in [5, 5.41) is 2.51. The van der Waals surface area contributed by atoms with Gasteiger partial charge in [0.2, 0.25) is 0 Å². The van der Waals surface area contributed by atoms with Gasteiger partial charge in [0.05, 0.1) is 0 Å². The number of benzene rings is 7. The lowest BCUT2D eigenvalue weighted by Crippen LogP contribution is -2.10. The SMILES string of the molecule is c1ccc(-c2cccc(-c3cccc(N(c4ccccc4)c4cccc(-c5ccc6ccccc6c5)c4)c3)c2)cc1. The van der Waals surface area contributed by atoms with Crippen LogP contribution >= 0.6 is 0 Å². The van der Waals surface area contributed by atoms with Crippen molar-refractivity contribution in [1.82, 2.24) is 0 Å². The van der Waals surface area contributed by atoms with Crippen LogP contribution in [0.5, 0.6) is 0 Å². The van der Waals surface area contributed by atoms with Crippen LogP contribution < -0.4 is 4.90 Å². The van der Waals surface area contributed by atoms with Crippen LogP contribution in [0.2, 0.25) is 0 Å². The van der Waals surface area contributed by atoms with Gasteiger partial charge in [-0.3, -0.25) is 0 Å². The molecule has 0 radical (unpaired) electrons. The highest BCUT2D eigenvalue weighted by Crippen LogP contribution is 2.38. The van der Waals surface area contributed by atoms with E-state index in [9.17, 15) is 0 Å². The Kier molecular flexibility index (Phi) is 6.61. The Morgan fingerprint density at radius 3 is 1.34 bits per heavy atom. The standard InChI is InChI=1S/C40H29N/c1-3-12-30(13-4-1)33-16-9-17-34(26-33)35-18-10-22-39(28-35)41(38-20-5-2-6-21-38)40-23-11-19-36(29-40)37-25-24-31-14-7-8-15-32(31)27-37/h1-29H. The molecule has 0 saturated heterocycles. The molecule has 0 aromatic heterocycles. The molecule has 0 N–H and O–H groups in total. The lowest BCUT2D eigenvalue weighted by atomic mass is 9.98. The van der Waals surface area contributed by atoms with E-state index in [1.54, 1.807) is 0 Å². The Balaban J connectivity index is 1.31. The summed E-state index contributed by atoms with van der Waals surface area (Å²) in [4.78, 5) is 2.34. The maximum absolute atomic E-state index is 2.34. The molecule has 0 atom stereocenters. The fourth-order valence-corrected chi connectivity index (χ4v) is 5.55. The van der Waals surface area contributed by atoms with Crippen molar-refractivity contribution in [3.8, 4) is 33.4 Å². The molecule has 7 aromatic carbocycles. The molecule has 0 bridgehead atoms. The maximum Gasteiger partial charge on any atom is 0.0467 e. The zero-order valence-electron chi connectivity index (χ0n) is 22.7. The second-order valence-corrected chi connectivity index (χ2v) is 10.3. The van der Waals surface area contributed by atoms with Gasteiger partial charge in [-0.05, 0) is 92.7 Å². The van der Waals surface area contributed by atoms with Gasteiger partial charge in [-0.1, -0.05) is 127 Å². The molecule has 0 fully saturated rings. The molecule has 0 heterocycles. The number of rotatable bonds is 6. The minimum absolute atomic E-state index is 1.12. The largest absolute Gasteiger partial charge is 0.310 e. The third-order valence-electron chi connectivity index (χ3n) is 7.61. The van der Waals surface area contributed by atoms with Crippen LogP contribution in [0.4, 0.5) is 17.1 Å². The molecule has 7 rings (SSSR count). The molecule has 41 heavy (non-hydrogen) atoms. The van der Waals surface area contributed by atoms with Gasteiger partial charge in [-0.2, -0.15) is 0 Å². The van der Waals surface area contributed by atoms with E-state index in [2.05, 4.69) is 181 Å². The van der Waals surface area contributed by atoms with E-state index in [1.165, 1.54) is 44.2 Å². The Morgan fingerprint density at radius 2 is 0.683 bits per heavy atom. The highest BCUT2D eigenvalue weighted by Gasteiger charge is 2.14. The van der Waals surface area contributed by atoms with Crippen molar-refractivity contribution in [2.45, 2.75) is 0 Å². The van der Waals surface area contributed by atoms with Gasteiger partial charge in [-0.25, -0.2) is 0 Å². The molecule has 1 heteroatoms. The van der Waals surface area contributed by atoms with Gasteiger partial charge >= 0.3 is 0 Å². The third kappa shape index (κ3) is 5.14. The number of fused-ring (bicyclic) bond motifs is 1. The van der Waals surface area contributed by atoms with Crippen molar-refractivity contribution in [3.63, 3.8) is 0 Å². The molecule has 0 amide bonds. The van der Waals surface area contributed by atoms with Gasteiger partial charge < -0.3 is 4.90 Å². The first kappa shape index (κ1) is 24.6. The maximum atomic E-state index is 2.34. The molecule has 0 aliphatic carbocycles. The van der Waals surface area contributed by atoms with Crippen LogP contribution in [0.3, 0.4) is 0 Å². The lowest BCUT2D eigenvalue weighted by Gasteiger charge is -2.26. The van der Waals surface area contributed by atoms with E-state index in [1.807, 2.05) is 0 Å². The summed E-state index contributed by atoms with van der Waals surface area (Å²) in [6.07, 6.45) is 0. The van der Waals surface area contributed by atoms with E-state index in [4.69, 9.17) is 0 Å². The quantitative estimate of drug-likeness (QED) is 0.209. The van der Waals surface area contributed by atoms with Gasteiger partial charge in [0.1, 0.15) is 0 Å². The first-order valence-electron chi connectivity index (χ1n) is 14.0. The number of hydrogen-bond donors (Lipinski definition) is 0. The van der Waals surface area contributed by atoms with Gasteiger partial charge in [0.25, 0.3) is 0 Å². The van der Waals surface area contributed by atoms with Gasteiger partial charge in [-0.15, -0.1) is 0 Å². The molecule has 1 nitrogen and oxygen atoms in total. The van der Waals surface area contributed by atoms with E-state index in [0.29, 0.717) is 0 Å². The number of hydrogen-bond acceptors (Lipinski definition) is 1. The van der Waals surface area contributed by atoms with E-state index in [-0.39, 0.29) is 0 Å². The number of para-hydroxylation sites is 1. The minimum atomic E-state index is 1.12. The van der Waals surface area contributed by atoms with Crippen molar-refractivity contribution >= 4 is 27.8 Å². The van der Waals surface area contributed by atoms with Crippen LogP contribution in [0, 0.1) is 0 Å². The molecule has 0 aliphatic heterocycles. The second kappa shape index (κ2) is 11.0. The van der Waals surface area contributed by atoms with Crippen molar-refractivity contribution in [1.29, 1.82) is 0 Å². The molecule has 194 valence electrons. The second-order valence-electron chi connectivity index (χ2n) is 10.3. The predicted octanol–water partition coefficient (Wildman–Crippen LogP) is 11.3. The summed E-state index contributed by atoms with van der Waals surface area (Å²) in [6, 6.07) is 62.9. The molecule has 0 saturated carbocycles. The van der Waals surface area contributed by atoms with Crippen molar-refractivity contribution in [3.05, 3.63) is 176 Å². The first-order chi connectivity index (χ1) is 20.3. The summed E-state index contributed by atoms with van der Waals surface area (Å²) in [7, 11) is 0. The molecule has 7 aromatic rings. The van der Waals surface area contributed by atoms with Crippen LogP contribution in [0.15, 0.2) is 176 Å². The first-order valence-corrected chi connectivity index (χ1v) is 14.0. The normalized spacial score (nSPS) is 10.9. The topological polar surface area (TPSA) is 3.24 Å². The van der Waals surface area contributed by atoms with Crippen molar-refractivity contribution in [2.75, 3.05) is 4.90 Å². The van der Waals surface area contributed by atoms with Crippen molar-refractivity contribution < 1.29 is 0 Å². The fraction of sp³-hybridized carbons (Fsp3) is 0. The Hall–Kier alpha value is -5.40. The van der Waals surface area contributed by atoms with Crippen LogP contribution in [0.25, 0.3) is 44.2 Å². The molecular formula is C40H29N. The highest BCUT2D eigenvalue weighted by molar-refractivity contribution is 5.89. The molecule has 0 spiro atoms. The summed E-state index contributed by atoms with van der Waals surface area (Å²) in [6.45, 7) is 0. The predicted molar refractivity (Wildman–Crippen MR) is 175 cm³/mol. The Morgan fingerprint density at radius 1 is 0.244 bits per heavy atom.